The molecular formula is C21H24ClF3N6. The normalized spacial score (nSPS) is 15.5. The van der Waals surface area contributed by atoms with Gasteiger partial charge in [0.15, 0.2) is 5.82 Å². The van der Waals surface area contributed by atoms with Gasteiger partial charge < -0.3 is 15.5 Å². The second-order valence-electron chi connectivity index (χ2n) is 7.46. The molecule has 10 heteroatoms. The summed E-state index contributed by atoms with van der Waals surface area (Å²) in [6.07, 6.45) is -4.39. The molecule has 1 aromatic heterocycles. The van der Waals surface area contributed by atoms with Crippen LogP contribution in [0.5, 0.6) is 0 Å². The molecule has 6 nitrogen and oxygen atoms in total. The molecule has 1 fully saturated rings. The maximum Gasteiger partial charge on any atom is 0.416 e. The van der Waals surface area contributed by atoms with E-state index in [4.69, 9.17) is 0 Å². The zero-order valence-electron chi connectivity index (χ0n) is 17.2. The van der Waals surface area contributed by atoms with Gasteiger partial charge in [0.05, 0.1) is 17.1 Å². The summed E-state index contributed by atoms with van der Waals surface area (Å²) >= 11 is 0. The van der Waals surface area contributed by atoms with Gasteiger partial charge in [0.2, 0.25) is 0 Å². The average Bonchev–Trinajstić information content (AvgIpc) is 2.73. The first-order valence-electron chi connectivity index (χ1n) is 9.86. The van der Waals surface area contributed by atoms with E-state index in [-0.39, 0.29) is 18.0 Å². The Morgan fingerprint density at radius 3 is 2.55 bits per heavy atom. The summed E-state index contributed by atoms with van der Waals surface area (Å²) in [5.41, 5.74) is 1.89. The Bertz CT molecular complexity index is 1050. The van der Waals surface area contributed by atoms with Gasteiger partial charge >= 0.3 is 6.18 Å². The third-order valence-corrected chi connectivity index (χ3v) is 5.52. The Morgan fingerprint density at radius 1 is 1.10 bits per heavy atom. The van der Waals surface area contributed by atoms with Gasteiger partial charge in [0.25, 0.3) is 0 Å². The van der Waals surface area contributed by atoms with Crippen LogP contribution in [0.15, 0.2) is 36.4 Å². The number of aromatic nitrogens is 3. The molecule has 166 valence electrons. The lowest BCUT2D eigenvalue weighted by atomic mass is 9.97. The summed E-state index contributed by atoms with van der Waals surface area (Å²) < 4.78 is 39.9. The van der Waals surface area contributed by atoms with Crippen molar-refractivity contribution >= 4 is 34.8 Å². The predicted octanol–water partition coefficient (Wildman–Crippen LogP) is 4.36. The number of rotatable bonds is 4. The van der Waals surface area contributed by atoms with Crippen LogP contribution >= 0.6 is 12.4 Å². The van der Waals surface area contributed by atoms with Gasteiger partial charge in [-0.1, -0.05) is 12.1 Å². The van der Waals surface area contributed by atoms with Crippen molar-refractivity contribution in [2.24, 2.45) is 0 Å². The zero-order valence-corrected chi connectivity index (χ0v) is 18.0. The number of nitrogens with one attached hydrogen (secondary N) is 2. The van der Waals surface area contributed by atoms with Gasteiger partial charge in [-0.15, -0.1) is 22.6 Å². The molecule has 4 rings (SSSR count). The van der Waals surface area contributed by atoms with Crippen molar-refractivity contribution in [1.29, 1.82) is 0 Å². The molecular weight excluding hydrogens is 429 g/mol. The maximum atomic E-state index is 13.3. The number of piperazine rings is 1. The summed E-state index contributed by atoms with van der Waals surface area (Å²) in [7, 11) is 0. The highest BCUT2D eigenvalue weighted by Gasteiger charge is 2.33. The third kappa shape index (κ3) is 4.83. The van der Waals surface area contributed by atoms with Crippen LogP contribution in [0.4, 0.5) is 24.7 Å². The van der Waals surface area contributed by atoms with Gasteiger partial charge in [-0.25, -0.2) is 0 Å². The van der Waals surface area contributed by atoms with Crippen molar-refractivity contribution in [3.05, 3.63) is 53.1 Å². The second kappa shape index (κ2) is 9.23. The number of fused-ring (bicyclic) bond motifs is 1. The number of hydrogen-bond acceptors (Lipinski definition) is 6. The molecule has 2 aromatic carbocycles. The van der Waals surface area contributed by atoms with E-state index in [9.17, 15) is 13.2 Å². The SMILES string of the molecule is Cc1c([C@@H](C)Nc2nnnc3ccc(N4CCNCC4)cc23)cccc1C(F)(F)F.Cl. The molecule has 2 heterocycles. The summed E-state index contributed by atoms with van der Waals surface area (Å²) in [5.74, 6) is 0.501. The van der Waals surface area contributed by atoms with Crippen molar-refractivity contribution in [3.8, 4) is 0 Å². The minimum absolute atomic E-state index is 0. The number of nitrogens with zero attached hydrogens (tertiary/aromatic N) is 4. The molecule has 3 aromatic rings. The van der Waals surface area contributed by atoms with Gasteiger partial charge in [-0.3, -0.25) is 0 Å². The molecule has 1 atom stereocenters. The fourth-order valence-corrected chi connectivity index (χ4v) is 3.91. The molecule has 0 radical (unpaired) electrons. The zero-order chi connectivity index (χ0) is 21.3. The monoisotopic (exact) mass is 452 g/mol. The first kappa shape index (κ1) is 23.0. The van der Waals surface area contributed by atoms with E-state index in [2.05, 4.69) is 30.9 Å². The highest BCUT2D eigenvalue weighted by Crippen LogP contribution is 2.35. The maximum absolute atomic E-state index is 13.3. The smallest absolute Gasteiger partial charge is 0.369 e. The lowest BCUT2D eigenvalue weighted by molar-refractivity contribution is -0.138. The molecule has 0 unspecified atom stereocenters. The van der Waals surface area contributed by atoms with E-state index >= 15 is 0 Å². The van der Waals surface area contributed by atoms with Crippen LogP contribution < -0.4 is 15.5 Å². The van der Waals surface area contributed by atoms with Crippen LogP contribution in [0.25, 0.3) is 10.9 Å². The molecule has 0 aliphatic carbocycles. The van der Waals surface area contributed by atoms with Crippen molar-refractivity contribution in [1.82, 2.24) is 20.7 Å². The first-order valence-corrected chi connectivity index (χ1v) is 9.86. The number of alkyl halides is 3. The summed E-state index contributed by atoms with van der Waals surface area (Å²) in [6, 6.07) is 9.76. The van der Waals surface area contributed by atoms with E-state index in [0.717, 1.165) is 43.3 Å². The quantitative estimate of drug-likeness (QED) is 0.613. The van der Waals surface area contributed by atoms with Gasteiger partial charge in [-0.2, -0.15) is 13.2 Å². The Kier molecular flexibility index (Phi) is 6.86. The van der Waals surface area contributed by atoms with Crippen LogP contribution in [-0.4, -0.2) is 41.6 Å². The van der Waals surface area contributed by atoms with Crippen LogP contribution in [0.2, 0.25) is 0 Å². The molecule has 0 amide bonds. The third-order valence-electron chi connectivity index (χ3n) is 5.52. The number of anilines is 2. The highest BCUT2D eigenvalue weighted by atomic mass is 35.5. The minimum Gasteiger partial charge on any atom is -0.369 e. The molecule has 1 saturated heterocycles. The number of halogens is 4. The Balaban J connectivity index is 0.00000272. The van der Waals surface area contributed by atoms with Crippen LogP contribution in [0, 0.1) is 6.92 Å². The Morgan fingerprint density at radius 2 is 1.84 bits per heavy atom. The summed E-state index contributed by atoms with van der Waals surface area (Å²) in [4.78, 5) is 2.28. The summed E-state index contributed by atoms with van der Waals surface area (Å²) in [5, 5.41) is 19.4. The van der Waals surface area contributed by atoms with Crippen molar-refractivity contribution < 1.29 is 13.2 Å². The van der Waals surface area contributed by atoms with Crippen molar-refractivity contribution in [3.63, 3.8) is 0 Å². The highest BCUT2D eigenvalue weighted by molar-refractivity contribution is 5.91. The Hall–Kier alpha value is -2.65. The van der Waals surface area contributed by atoms with Crippen LogP contribution in [0.3, 0.4) is 0 Å². The van der Waals surface area contributed by atoms with E-state index in [1.54, 1.807) is 6.07 Å². The standard InChI is InChI=1S/C21H23F3N6.ClH/c1-13-16(4-3-5-18(13)21(22,23)24)14(2)26-20-17-12-15(30-10-8-25-9-11-30)6-7-19(17)27-29-28-20;/h3-7,12,14,25H,8-11H2,1-2H3,(H,26,27,28);1H/t14-;/m1./s1. The second-order valence-corrected chi connectivity index (χ2v) is 7.46. The first-order chi connectivity index (χ1) is 14.3. The van der Waals surface area contributed by atoms with Crippen molar-refractivity contribution in [2.75, 3.05) is 36.4 Å². The van der Waals surface area contributed by atoms with Gasteiger partial charge in [-0.05, 0) is 54.5 Å². The largest absolute Gasteiger partial charge is 0.416 e. The topological polar surface area (TPSA) is 66.0 Å². The Labute approximate surface area is 184 Å². The van der Waals surface area contributed by atoms with E-state index in [1.165, 1.54) is 13.0 Å². The molecule has 1 aliphatic heterocycles. The molecule has 1 aliphatic rings. The van der Waals surface area contributed by atoms with Gasteiger partial charge in [0.1, 0.15) is 0 Å². The molecule has 2 N–H and O–H groups in total. The predicted molar refractivity (Wildman–Crippen MR) is 118 cm³/mol. The summed E-state index contributed by atoms with van der Waals surface area (Å²) in [6.45, 7) is 6.95. The number of benzene rings is 2. The van der Waals surface area contributed by atoms with E-state index < -0.39 is 17.8 Å². The molecule has 31 heavy (non-hydrogen) atoms. The van der Waals surface area contributed by atoms with E-state index in [0.29, 0.717) is 16.9 Å². The van der Waals surface area contributed by atoms with E-state index in [1.807, 2.05) is 25.1 Å². The van der Waals surface area contributed by atoms with Crippen molar-refractivity contribution in [2.45, 2.75) is 26.1 Å². The average molecular weight is 453 g/mol. The molecule has 0 spiro atoms. The number of hydrogen-bond donors (Lipinski definition) is 2. The molecule has 0 bridgehead atoms. The lowest BCUT2D eigenvalue weighted by Crippen LogP contribution is -2.43. The fraction of sp³-hybridized carbons (Fsp3) is 0.381. The minimum atomic E-state index is -4.39. The molecule has 0 saturated carbocycles. The fourth-order valence-electron chi connectivity index (χ4n) is 3.91. The van der Waals surface area contributed by atoms with Crippen LogP contribution in [0.1, 0.15) is 29.7 Å². The van der Waals surface area contributed by atoms with Crippen LogP contribution in [-0.2, 0) is 6.18 Å². The lowest BCUT2D eigenvalue weighted by Gasteiger charge is -2.29. The van der Waals surface area contributed by atoms with Gasteiger partial charge in [0, 0.05) is 37.3 Å².